The Bertz CT molecular complexity index is 561. The van der Waals surface area contributed by atoms with E-state index in [1.807, 2.05) is 0 Å². The highest BCUT2D eigenvalue weighted by atomic mass is 32.2. The van der Waals surface area contributed by atoms with Crippen molar-refractivity contribution in [2.75, 3.05) is 7.11 Å². The Hall–Kier alpha value is -1.56. The number of hydrogen-bond donors (Lipinski definition) is 2. The van der Waals surface area contributed by atoms with Crippen molar-refractivity contribution in [1.82, 2.24) is 0 Å². The van der Waals surface area contributed by atoms with Crippen molar-refractivity contribution >= 4 is 15.7 Å². The average molecular weight is 255 g/mol. The van der Waals surface area contributed by atoms with Crippen LogP contribution >= 0.6 is 0 Å². The number of methoxy groups -OCH3 is 1. The molecule has 0 heterocycles. The van der Waals surface area contributed by atoms with E-state index >= 15 is 0 Å². The number of aromatic carboxylic acids is 1. The molecule has 1 aliphatic rings. The molecule has 1 atom stereocenters. The second-order valence-electron chi connectivity index (χ2n) is 3.97. The van der Waals surface area contributed by atoms with Gasteiger partial charge in [-0.05, 0) is 31.0 Å². The molecule has 0 radical (unpaired) electrons. The Morgan fingerprint density at radius 1 is 1.53 bits per heavy atom. The van der Waals surface area contributed by atoms with E-state index in [4.69, 9.17) is 14.6 Å². The van der Waals surface area contributed by atoms with Crippen LogP contribution in [-0.4, -0.2) is 27.6 Å². The molecular weight excluding hydrogens is 242 g/mol. The summed E-state index contributed by atoms with van der Waals surface area (Å²) >= 11 is 0. The zero-order chi connectivity index (χ0) is 12.6. The highest BCUT2D eigenvalue weighted by molar-refractivity contribution is 7.93. The quantitative estimate of drug-likeness (QED) is 0.860. The fourth-order valence-corrected chi connectivity index (χ4v) is 3.37. The highest BCUT2D eigenvalue weighted by Crippen LogP contribution is 2.35. The van der Waals surface area contributed by atoms with E-state index in [0.29, 0.717) is 4.90 Å². The summed E-state index contributed by atoms with van der Waals surface area (Å²) in [6.07, 6.45) is 1.59. The Kier molecular flexibility index (Phi) is 2.82. The molecule has 5 nitrogen and oxygen atoms in total. The number of rotatable bonds is 4. The van der Waals surface area contributed by atoms with Crippen LogP contribution in [0.5, 0.6) is 5.75 Å². The molecule has 1 aromatic rings. The lowest BCUT2D eigenvalue weighted by atomic mass is 10.2. The van der Waals surface area contributed by atoms with Gasteiger partial charge in [-0.25, -0.2) is 13.8 Å². The molecule has 6 heteroatoms. The molecule has 1 unspecified atom stereocenters. The van der Waals surface area contributed by atoms with Gasteiger partial charge in [0.05, 0.1) is 21.7 Å². The zero-order valence-corrected chi connectivity index (χ0v) is 10.1. The molecule has 2 rings (SSSR count). The summed E-state index contributed by atoms with van der Waals surface area (Å²) in [4.78, 5) is 11.2. The lowest BCUT2D eigenvalue weighted by molar-refractivity contribution is 0.0693. The molecule has 1 aromatic carbocycles. The normalized spacial score (nSPS) is 18.4. The van der Waals surface area contributed by atoms with Gasteiger partial charge in [0, 0.05) is 5.25 Å². The molecule has 17 heavy (non-hydrogen) atoms. The fraction of sp³-hybridized carbons (Fsp3) is 0.364. The van der Waals surface area contributed by atoms with Gasteiger partial charge in [-0.1, -0.05) is 0 Å². The van der Waals surface area contributed by atoms with E-state index in [1.165, 1.54) is 25.3 Å². The Morgan fingerprint density at radius 3 is 2.65 bits per heavy atom. The maximum Gasteiger partial charge on any atom is 0.339 e. The summed E-state index contributed by atoms with van der Waals surface area (Å²) in [6.45, 7) is 0. The van der Waals surface area contributed by atoms with Gasteiger partial charge < -0.3 is 9.84 Å². The minimum atomic E-state index is -2.81. The SMILES string of the molecule is COc1cc(S(=N)(=O)C2CC2)ccc1C(=O)O. The first-order valence-corrected chi connectivity index (χ1v) is 6.78. The van der Waals surface area contributed by atoms with E-state index in [2.05, 4.69) is 0 Å². The molecule has 1 aliphatic carbocycles. The summed E-state index contributed by atoms with van der Waals surface area (Å²) in [5.74, 6) is -0.952. The molecule has 1 fully saturated rings. The summed E-state index contributed by atoms with van der Waals surface area (Å²) in [5, 5.41) is 8.82. The number of carboxylic acids is 1. The molecular formula is C11H13NO4S. The molecule has 92 valence electrons. The van der Waals surface area contributed by atoms with Gasteiger partial charge in [0.25, 0.3) is 0 Å². The van der Waals surface area contributed by atoms with Crippen molar-refractivity contribution in [3.05, 3.63) is 23.8 Å². The van der Waals surface area contributed by atoms with Crippen LogP contribution in [0.25, 0.3) is 0 Å². The van der Waals surface area contributed by atoms with Crippen molar-refractivity contribution in [1.29, 1.82) is 4.78 Å². The largest absolute Gasteiger partial charge is 0.496 e. The van der Waals surface area contributed by atoms with Crippen LogP contribution in [0.1, 0.15) is 23.2 Å². The van der Waals surface area contributed by atoms with Gasteiger partial charge >= 0.3 is 5.97 Å². The number of hydrogen-bond acceptors (Lipinski definition) is 4. The van der Waals surface area contributed by atoms with Crippen LogP contribution in [0.4, 0.5) is 0 Å². The van der Waals surface area contributed by atoms with Crippen molar-refractivity contribution in [3.8, 4) is 5.75 Å². The summed E-state index contributed by atoms with van der Waals surface area (Å²) in [5.41, 5.74) is 0.0160. The molecule has 1 saturated carbocycles. The van der Waals surface area contributed by atoms with E-state index in [-0.39, 0.29) is 16.6 Å². The summed E-state index contributed by atoms with van der Waals surface area (Å²) in [6, 6.07) is 4.18. The molecule has 0 aromatic heterocycles. The zero-order valence-electron chi connectivity index (χ0n) is 9.30. The molecule has 2 N–H and O–H groups in total. The molecule has 0 aliphatic heterocycles. The van der Waals surface area contributed by atoms with Crippen LogP contribution in [0.15, 0.2) is 23.1 Å². The van der Waals surface area contributed by atoms with E-state index in [0.717, 1.165) is 12.8 Å². The molecule has 0 saturated heterocycles. The van der Waals surface area contributed by atoms with E-state index in [9.17, 15) is 9.00 Å². The Balaban J connectivity index is 2.48. The molecule has 0 bridgehead atoms. The van der Waals surface area contributed by atoms with Gasteiger partial charge in [0.2, 0.25) is 0 Å². The van der Waals surface area contributed by atoms with Gasteiger partial charge in [0.15, 0.2) is 0 Å². The third-order valence-corrected chi connectivity index (χ3v) is 5.11. The number of nitrogens with one attached hydrogen (secondary N) is 1. The highest BCUT2D eigenvalue weighted by Gasteiger charge is 2.34. The van der Waals surface area contributed by atoms with Gasteiger partial charge in [-0.2, -0.15) is 0 Å². The number of ether oxygens (including phenoxy) is 1. The van der Waals surface area contributed by atoms with E-state index < -0.39 is 15.7 Å². The minimum absolute atomic E-state index is 0.0160. The Morgan fingerprint density at radius 2 is 2.18 bits per heavy atom. The van der Waals surface area contributed by atoms with Crippen molar-refractivity contribution in [3.63, 3.8) is 0 Å². The van der Waals surface area contributed by atoms with Gasteiger partial charge in [0.1, 0.15) is 11.3 Å². The predicted molar refractivity (Wildman–Crippen MR) is 62.1 cm³/mol. The number of benzene rings is 1. The van der Waals surface area contributed by atoms with Crippen LogP contribution < -0.4 is 4.74 Å². The first kappa shape index (κ1) is 11.9. The molecule has 0 spiro atoms. The third-order valence-electron chi connectivity index (χ3n) is 2.75. The number of carboxylic acid groups (broad SMARTS) is 1. The minimum Gasteiger partial charge on any atom is -0.496 e. The third kappa shape index (κ3) is 2.12. The van der Waals surface area contributed by atoms with Crippen LogP contribution in [0.2, 0.25) is 0 Å². The lowest BCUT2D eigenvalue weighted by Crippen LogP contribution is -2.07. The maximum absolute atomic E-state index is 12.2. The monoisotopic (exact) mass is 255 g/mol. The summed E-state index contributed by atoms with van der Waals surface area (Å²) in [7, 11) is -1.46. The second kappa shape index (κ2) is 4.03. The average Bonchev–Trinajstić information content (AvgIpc) is 3.11. The fourth-order valence-electron chi connectivity index (χ4n) is 1.63. The topological polar surface area (TPSA) is 87.5 Å². The van der Waals surface area contributed by atoms with Crippen LogP contribution in [0.3, 0.4) is 0 Å². The first-order chi connectivity index (χ1) is 7.96. The maximum atomic E-state index is 12.2. The number of carbonyl (C=O) groups is 1. The summed E-state index contributed by atoms with van der Waals surface area (Å²) < 4.78 is 25.0. The lowest BCUT2D eigenvalue weighted by Gasteiger charge is -2.10. The van der Waals surface area contributed by atoms with Gasteiger partial charge in [-0.15, -0.1) is 0 Å². The smallest absolute Gasteiger partial charge is 0.339 e. The molecule has 0 amide bonds. The van der Waals surface area contributed by atoms with Gasteiger partial charge in [-0.3, -0.25) is 0 Å². The van der Waals surface area contributed by atoms with Crippen LogP contribution in [-0.2, 0) is 9.73 Å². The first-order valence-electron chi connectivity index (χ1n) is 5.16. The van der Waals surface area contributed by atoms with Crippen molar-refractivity contribution in [2.45, 2.75) is 23.0 Å². The second-order valence-corrected chi connectivity index (χ2v) is 6.31. The van der Waals surface area contributed by atoms with Crippen molar-refractivity contribution < 1.29 is 18.8 Å². The van der Waals surface area contributed by atoms with E-state index in [1.54, 1.807) is 0 Å². The van der Waals surface area contributed by atoms with Crippen LogP contribution in [0, 0.1) is 4.78 Å². The standard InChI is InChI=1S/C11H13NO4S/c1-16-10-6-8(4-5-9(10)11(13)14)17(12,15)7-2-3-7/h4-7,12H,2-3H2,1H3,(H,13,14). The predicted octanol–water partition coefficient (Wildman–Crippen LogP) is 1.96. The Labute approximate surface area is 99.4 Å². The van der Waals surface area contributed by atoms with Crippen molar-refractivity contribution in [2.24, 2.45) is 0 Å².